The fraction of sp³-hybridized carbons (Fsp3) is 0.429. The van der Waals surface area contributed by atoms with Gasteiger partial charge in [0.25, 0.3) is 0 Å². The molecular formula is C7H11NO2. The van der Waals surface area contributed by atoms with Crippen LogP contribution in [0.25, 0.3) is 0 Å². The van der Waals surface area contributed by atoms with Gasteiger partial charge < -0.3 is 10.1 Å². The van der Waals surface area contributed by atoms with E-state index in [4.69, 9.17) is 5.41 Å². The van der Waals surface area contributed by atoms with Gasteiger partial charge in [-0.05, 0) is 6.92 Å². The fourth-order valence-corrected chi connectivity index (χ4v) is 0.419. The summed E-state index contributed by atoms with van der Waals surface area (Å²) in [6, 6.07) is 0. The number of carbonyl (C=O) groups excluding carboxylic acids is 1. The number of ether oxygens (including phenoxy) is 1. The molecule has 0 aromatic heterocycles. The van der Waals surface area contributed by atoms with Crippen molar-refractivity contribution >= 4 is 11.7 Å². The summed E-state index contributed by atoms with van der Waals surface area (Å²) in [5.41, 5.74) is 0.314. The molecule has 0 rings (SSSR count). The molecule has 0 aliphatic carbocycles. The maximum Gasteiger partial charge on any atom is 0.311 e. The van der Waals surface area contributed by atoms with Crippen LogP contribution in [0.4, 0.5) is 0 Å². The van der Waals surface area contributed by atoms with Gasteiger partial charge in [-0.3, -0.25) is 4.79 Å². The Kier molecular flexibility index (Phi) is 4.20. The van der Waals surface area contributed by atoms with Crippen LogP contribution in [0.3, 0.4) is 0 Å². The Morgan fingerprint density at radius 1 is 1.80 bits per heavy atom. The van der Waals surface area contributed by atoms with E-state index in [0.717, 1.165) is 0 Å². The Morgan fingerprint density at radius 2 is 2.40 bits per heavy atom. The van der Waals surface area contributed by atoms with Crippen molar-refractivity contribution in [2.75, 3.05) is 6.61 Å². The van der Waals surface area contributed by atoms with Gasteiger partial charge in [0.1, 0.15) is 6.61 Å². The lowest BCUT2D eigenvalue weighted by atomic mass is 10.3. The van der Waals surface area contributed by atoms with Crippen molar-refractivity contribution < 1.29 is 9.53 Å². The molecule has 0 saturated carbocycles. The van der Waals surface area contributed by atoms with Crippen molar-refractivity contribution in [1.29, 1.82) is 5.41 Å². The molecule has 1 N–H and O–H groups in total. The van der Waals surface area contributed by atoms with Crippen LogP contribution in [-0.2, 0) is 9.53 Å². The lowest BCUT2D eigenvalue weighted by molar-refractivity contribution is -0.140. The summed E-state index contributed by atoms with van der Waals surface area (Å²) >= 11 is 0. The summed E-state index contributed by atoms with van der Waals surface area (Å²) in [5, 5.41) is 6.93. The second-order valence-corrected chi connectivity index (χ2v) is 1.93. The van der Waals surface area contributed by atoms with E-state index in [1.807, 2.05) is 0 Å². The van der Waals surface area contributed by atoms with E-state index in [9.17, 15) is 4.79 Å². The molecule has 56 valence electrons. The second-order valence-electron chi connectivity index (χ2n) is 1.93. The Hall–Kier alpha value is -1.12. The Bertz CT molecular complexity index is 152. The highest BCUT2D eigenvalue weighted by Gasteiger charge is 2.00. The quantitative estimate of drug-likeness (QED) is 0.362. The maximum absolute atomic E-state index is 10.6. The normalized spacial score (nSPS) is 8.50. The minimum absolute atomic E-state index is 0.0772. The zero-order chi connectivity index (χ0) is 7.98. The molecule has 0 bridgehead atoms. The molecule has 0 fully saturated rings. The first-order valence-electron chi connectivity index (χ1n) is 2.97. The third-order valence-electron chi connectivity index (χ3n) is 0.772. The van der Waals surface area contributed by atoms with E-state index < -0.39 is 0 Å². The number of hydrogen-bond donors (Lipinski definition) is 1. The molecule has 0 aromatic carbocycles. The van der Waals surface area contributed by atoms with Crippen molar-refractivity contribution in [3.8, 4) is 0 Å². The lowest BCUT2D eigenvalue weighted by Crippen LogP contribution is -2.07. The van der Waals surface area contributed by atoms with E-state index >= 15 is 0 Å². The molecule has 0 aliphatic rings. The molecule has 0 heterocycles. The van der Waals surface area contributed by atoms with Gasteiger partial charge in [0.05, 0.1) is 6.42 Å². The number of rotatable bonds is 4. The Labute approximate surface area is 60.2 Å². The van der Waals surface area contributed by atoms with E-state index in [-0.39, 0.29) is 19.0 Å². The van der Waals surface area contributed by atoms with Gasteiger partial charge in [-0.1, -0.05) is 12.7 Å². The van der Waals surface area contributed by atoms with Gasteiger partial charge in [0.15, 0.2) is 0 Å². The summed E-state index contributed by atoms with van der Waals surface area (Å²) in [5.74, 6) is -0.368. The smallest absolute Gasteiger partial charge is 0.311 e. The van der Waals surface area contributed by atoms with Crippen LogP contribution in [0.1, 0.15) is 13.3 Å². The Morgan fingerprint density at radius 3 is 2.80 bits per heavy atom. The summed E-state index contributed by atoms with van der Waals surface area (Å²) < 4.78 is 4.60. The van der Waals surface area contributed by atoms with Crippen molar-refractivity contribution in [3.05, 3.63) is 12.7 Å². The van der Waals surface area contributed by atoms with Crippen LogP contribution >= 0.6 is 0 Å². The molecule has 0 atom stereocenters. The monoisotopic (exact) mass is 141 g/mol. The zero-order valence-corrected chi connectivity index (χ0v) is 6.02. The van der Waals surface area contributed by atoms with E-state index in [2.05, 4.69) is 11.3 Å². The first-order chi connectivity index (χ1) is 4.66. The van der Waals surface area contributed by atoms with Gasteiger partial charge >= 0.3 is 5.97 Å². The molecule has 3 nitrogen and oxygen atoms in total. The summed E-state index contributed by atoms with van der Waals surface area (Å²) in [4.78, 5) is 10.6. The number of hydrogen-bond acceptors (Lipinski definition) is 3. The number of carbonyl (C=O) groups is 1. The fourth-order valence-electron chi connectivity index (χ4n) is 0.419. The van der Waals surface area contributed by atoms with Gasteiger partial charge in [0, 0.05) is 5.71 Å². The van der Waals surface area contributed by atoms with Gasteiger partial charge in [-0.25, -0.2) is 0 Å². The summed E-state index contributed by atoms with van der Waals surface area (Å²) in [6.45, 7) is 5.17. The predicted octanol–water partition coefficient (Wildman–Crippen LogP) is 1.15. The van der Waals surface area contributed by atoms with E-state index in [1.165, 1.54) is 6.08 Å². The number of esters is 1. The van der Waals surface area contributed by atoms with Crippen LogP contribution in [-0.4, -0.2) is 18.3 Å². The lowest BCUT2D eigenvalue weighted by Gasteiger charge is -1.98. The van der Waals surface area contributed by atoms with Crippen molar-refractivity contribution in [3.63, 3.8) is 0 Å². The third-order valence-corrected chi connectivity index (χ3v) is 0.772. The standard InChI is InChI=1S/C7H11NO2/c1-3-4-10-7(9)5-6(2)8/h3,8H,1,4-5H2,2H3. The van der Waals surface area contributed by atoms with Gasteiger partial charge in [-0.2, -0.15) is 0 Å². The maximum atomic E-state index is 10.6. The van der Waals surface area contributed by atoms with E-state index in [0.29, 0.717) is 5.71 Å². The van der Waals surface area contributed by atoms with Crippen LogP contribution < -0.4 is 0 Å². The summed E-state index contributed by atoms with van der Waals surface area (Å²) in [7, 11) is 0. The van der Waals surface area contributed by atoms with Crippen LogP contribution in [0.15, 0.2) is 12.7 Å². The highest BCUT2D eigenvalue weighted by molar-refractivity contribution is 5.95. The molecule has 0 saturated heterocycles. The first-order valence-corrected chi connectivity index (χ1v) is 2.97. The predicted molar refractivity (Wildman–Crippen MR) is 39.2 cm³/mol. The van der Waals surface area contributed by atoms with Gasteiger partial charge in [0.2, 0.25) is 0 Å². The average Bonchev–Trinajstić information content (AvgIpc) is 1.82. The SMILES string of the molecule is C=CCOC(=O)CC(C)=N. The third kappa shape index (κ3) is 5.03. The topological polar surface area (TPSA) is 50.2 Å². The Balaban J connectivity index is 3.43. The van der Waals surface area contributed by atoms with Crippen molar-refractivity contribution in [1.82, 2.24) is 0 Å². The first kappa shape index (κ1) is 8.88. The summed E-state index contributed by atoms with van der Waals surface area (Å²) in [6.07, 6.45) is 1.57. The average molecular weight is 141 g/mol. The number of nitrogens with one attached hydrogen (secondary N) is 1. The molecule has 0 unspecified atom stereocenters. The molecule has 10 heavy (non-hydrogen) atoms. The molecule has 3 heteroatoms. The van der Waals surface area contributed by atoms with Crippen molar-refractivity contribution in [2.24, 2.45) is 0 Å². The van der Waals surface area contributed by atoms with Crippen LogP contribution in [0.2, 0.25) is 0 Å². The van der Waals surface area contributed by atoms with Gasteiger partial charge in [-0.15, -0.1) is 0 Å². The van der Waals surface area contributed by atoms with Crippen LogP contribution in [0.5, 0.6) is 0 Å². The molecular weight excluding hydrogens is 130 g/mol. The molecule has 0 spiro atoms. The molecule has 0 aliphatic heterocycles. The highest BCUT2D eigenvalue weighted by atomic mass is 16.5. The van der Waals surface area contributed by atoms with Crippen molar-refractivity contribution in [2.45, 2.75) is 13.3 Å². The minimum atomic E-state index is -0.368. The molecule has 0 aromatic rings. The largest absolute Gasteiger partial charge is 0.461 e. The second kappa shape index (κ2) is 4.73. The minimum Gasteiger partial charge on any atom is -0.461 e. The zero-order valence-electron chi connectivity index (χ0n) is 6.02. The van der Waals surface area contributed by atoms with E-state index in [1.54, 1.807) is 6.92 Å². The molecule has 0 amide bonds. The van der Waals surface area contributed by atoms with Crippen LogP contribution in [0, 0.1) is 5.41 Å². The molecule has 0 radical (unpaired) electrons. The highest BCUT2D eigenvalue weighted by Crippen LogP contribution is 1.87.